The quantitative estimate of drug-likeness (QED) is 0.838. The Hall–Kier alpha value is -1.16. The first-order valence-electron chi connectivity index (χ1n) is 5.95. The minimum Gasteiger partial charge on any atom is -0.396 e. The number of aliphatic hydroxyl groups is 1. The molecule has 0 spiro atoms. The monoisotopic (exact) mass is 221 g/mol. The van der Waals surface area contributed by atoms with Crippen molar-refractivity contribution in [2.75, 3.05) is 24.6 Å². The summed E-state index contributed by atoms with van der Waals surface area (Å²) >= 11 is 0. The molecular weight excluding hydrogens is 202 g/mol. The average Bonchev–Trinajstić information content (AvgIpc) is 2.31. The average molecular weight is 221 g/mol. The van der Waals surface area contributed by atoms with E-state index in [4.69, 9.17) is 5.11 Å². The highest BCUT2D eigenvalue weighted by molar-refractivity contribution is 5.37. The van der Waals surface area contributed by atoms with Crippen LogP contribution in [0.1, 0.15) is 25.0 Å². The Kier molecular flexibility index (Phi) is 3.72. The predicted molar refractivity (Wildman–Crippen MR) is 63.4 cm³/mol. The molecule has 1 N–H and O–H groups in total. The fourth-order valence-corrected chi connectivity index (χ4v) is 2.25. The minimum atomic E-state index is 0.290. The molecule has 1 atom stereocenters. The summed E-state index contributed by atoms with van der Waals surface area (Å²) in [6.45, 7) is 4.29. The van der Waals surface area contributed by atoms with E-state index in [0.717, 1.165) is 31.0 Å². The number of piperidine rings is 1. The number of nitrogens with zero attached hydrogens (tertiary/aromatic N) is 3. The van der Waals surface area contributed by atoms with Crippen LogP contribution in [0.15, 0.2) is 12.1 Å². The summed E-state index contributed by atoms with van der Waals surface area (Å²) in [4.78, 5) is 2.27. The van der Waals surface area contributed by atoms with Crippen LogP contribution in [0.2, 0.25) is 0 Å². The van der Waals surface area contributed by atoms with E-state index in [1.54, 1.807) is 0 Å². The van der Waals surface area contributed by atoms with E-state index in [1.165, 1.54) is 12.8 Å². The molecule has 1 aliphatic heterocycles. The van der Waals surface area contributed by atoms with E-state index in [-0.39, 0.29) is 6.61 Å². The molecule has 0 radical (unpaired) electrons. The van der Waals surface area contributed by atoms with Crippen LogP contribution in [0.4, 0.5) is 5.82 Å². The highest BCUT2D eigenvalue weighted by atomic mass is 16.3. The van der Waals surface area contributed by atoms with Gasteiger partial charge in [0.15, 0.2) is 5.82 Å². The lowest BCUT2D eigenvalue weighted by Gasteiger charge is -2.33. The maximum atomic E-state index is 8.97. The van der Waals surface area contributed by atoms with Crippen LogP contribution >= 0.6 is 0 Å². The number of anilines is 1. The maximum absolute atomic E-state index is 8.97. The summed E-state index contributed by atoms with van der Waals surface area (Å²) in [6.07, 6.45) is 3.30. The van der Waals surface area contributed by atoms with Crippen molar-refractivity contribution in [1.82, 2.24) is 10.2 Å². The first-order valence-corrected chi connectivity index (χ1v) is 5.95. The van der Waals surface area contributed by atoms with Crippen molar-refractivity contribution in [1.29, 1.82) is 0 Å². The van der Waals surface area contributed by atoms with Gasteiger partial charge in [0.2, 0.25) is 0 Å². The van der Waals surface area contributed by atoms with Gasteiger partial charge in [-0.3, -0.25) is 0 Å². The van der Waals surface area contributed by atoms with Gasteiger partial charge in [-0.2, -0.15) is 5.10 Å². The smallest absolute Gasteiger partial charge is 0.151 e. The van der Waals surface area contributed by atoms with E-state index < -0.39 is 0 Å². The highest BCUT2D eigenvalue weighted by Gasteiger charge is 2.20. The van der Waals surface area contributed by atoms with Crippen molar-refractivity contribution in [3.63, 3.8) is 0 Å². The van der Waals surface area contributed by atoms with Crippen LogP contribution in [0.5, 0.6) is 0 Å². The van der Waals surface area contributed by atoms with Gasteiger partial charge in [-0.05, 0) is 44.2 Å². The molecule has 0 aliphatic carbocycles. The summed E-state index contributed by atoms with van der Waals surface area (Å²) in [5, 5.41) is 17.3. The van der Waals surface area contributed by atoms with E-state index in [9.17, 15) is 0 Å². The molecule has 88 valence electrons. The second-order valence-corrected chi connectivity index (χ2v) is 4.50. The lowest BCUT2D eigenvalue weighted by atomic mass is 9.95. The largest absolute Gasteiger partial charge is 0.396 e. The summed E-state index contributed by atoms with van der Waals surface area (Å²) in [5.74, 6) is 1.56. The Bertz CT molecular complexity index is 324. The Labute approximate surface area is 96.3 Å². The third kappa shape index (κ3) is 2.70. The molecule has 1 aliphatic rings. The van der Waals surface area contributed by atoms with Crippen molar-refractivity contribution in [2.24, 2.45) is 5.92 Å². The molecule has 1 aromatic heterocycles. The van der Waals surface area contributed by atoms with Crippen LogP contribution in [-0.4, -0.2) is 35.0 Å². The summed E-state index contributed by atoms with van der Waals surface area (Å²) in [7, 11) is 0. The second-order valence-electron chi connectivity index (χ2n) is 4.50. The second kappa shape index (κ2) is 5.25. The molecule has 4 heteroatoms. The van der Waals surface area contributed by atoms with Gasteiger partial charge in [0.25, 0.3) is 0 Å². The molecule has 0 amide bonds. The van der Waals surface area contributed by atoms with Gasteiger partial charge in [-0.1, -0.05) is 0 Å². The number of aryl methyl sites for hydroxylation is 1. The predicted octanol–water partition coefficient (Wildman–Crippen LogP) is 1.38. The summed E-state index contributed by atoms with van der Waals surface area (Å²) in [6, 6.07) is 4.03. The van der Waals surface area contributed by atoms with Crippen molar-refractivity contribution in [3.05, 3.63) is 17.8 Å². The third-order valence-corrected chi connectivity index (χ3v) is 3.16. The molecule has 0 saturated carbocycles. The molecule has 1 unspecified atom stereocenters. The number of aromatic nitrogens is 2. The van der Waals surface area contributed by atoms with Gasteiger partial charge in [-0.25, -0.2) is 0 Å². The Balaban J connectivity index is 2.01. The standard InChI is InChI=1S/C12H19N3O/c1-10-4-5-12(14-13-10)15-7-2-3-11(9-15)6-8-16/h4-5,11,16H,2-3,6-9H2,1H3. The molecule has 16 heavy (non-hydrogen) atoms. The van der Waals surface area contributed by atoms with Crippen LogP contribution in [-0.2, 0) is 0 Å². The van der Waals surface area contributed by atoms with E-state index in [1.807, 2.05) is 19.1 Å². The maximum Gasteiger partial charge on any atom is 0.151 e. The molecule has 1 fully saturated rings. The van der Waals surface area contributed by atoms with E-state index in [0.29, 0.717) is 5.92 Å². The Morgan fingerprint density at radius 2 is 2.31 bits per heavy atom. The normalized spacial score (nSPS) is 21.1. The lowest BCUT2D eigenvalue weighted by molar-refractivity contribution is 0.244. The van der Waals surface area contributed by atoms with Gasteiger partial charge in [0.1, 0.15) is 0 Å². The Morgan fingerprint density at radius 1 is 1.44 bits per heavy atom. The molecule has 0 bridgehead atoms. The zero-order valence-corrected chi connectivity index (χ0v) is 9.76. The van der Waals surface area contributed by atoms with Crippen LogP contribution in [0, 0.1) is 12.8 Å². The van der Waals surface area contributed by atoms with Gasteiger partial charge < -0.3 is 10.0 Å². The van der Waals surface area contributed by atoms with Crippen LogP contribution in [0.3, 0.4) is 0 Å². The van der Waals surface area contributed by atoms with E-state index >= 15 is 0 Å². The number of rotatable bonds is 3. The molecule has 1 saturated heterocycles. The molecule has 2 heterocycles. The molecule has 4 nitrogen and oxygen atoms in total. The highest BCUT2D eigenvalue weighted by Crippen LogP contribution is 2.22. The molecule has 2 rings (SSSR count). The Morgan fingerprint density at radius 3 is 3.00 bits per heavy atom. The third-order valence-electron chi connectivity index (χ3n) is 3.16. The van der Waals surface area contributed by atoms with Gasteiger partial charge in [-0.15, -0.1) is 5.10 Å². The summed E-state index contributed by atoms with van der Waals surface area (Å²) in [5.41, 5.74) is 0.952. The zero-order valence-electron chi connectivity index (χ0n) is 9.76. The van der Waals surface area contributed by atoms with Gasteiger partial charge >= 0.3 is 0 Å². The first kappa shape index (κ1) is 11.3. The van der Waals surface area contributed by atoms with Crippen LogP contribution < -0.4 is 4.90 Å². The van der Waals surface area contributed by atoms with Crippen molar-refractivity contribution in [2.45, 2.75) is 26.2 Å². The van der Waals surface area contributed by atoms with Crippen molar-refractivity contribution < 1.29 is 5.11 Å². The molecule has 0 aromatic carbocycles. The fraction of sp³-hybridized carbons (Fsp3) is 0.667. The molecular formula is C12H19N3O. The van der Waals surface area contributed by atoms with E-state index in [2.05, 4.69) is 15.1 Å². The van der Waals surface area contributed by atoms with Gasteiger partial charge in [0.05, 0.1) is 5.69 Å². The van der Waals surface area contributed by atoms with Gasteiger partial charge in [0, 0.05) is 19.7 Å². The summed E-state index contributed by atoms with van der Waals surface area (Å²) < 4.78 is 0. The minimum absolute atomic E-state index is 0.290. The first-order chi connectivity index (χ1) is 7.79. The molecule has 1 aromatic rings. The number of hydrogen-bond acceptors (Lipinski definition) is 4. The SMILES string of the molecule is Cc1ccc(N2CCCC(CCO)C2)nn1. The zero-order chi connectivity index (χ0) is 11.4. The number of aliphatic hydroxyl groups excluding tert-OH is 1. The van der Waals surface area contributed by atoms with Crippen molar-refractivity contribution in [3.8, 4) is 0 Å². The number of hydrogen-bond donors (Lipinski definition) is 1. The topological polar surface area (TPSA) is 49.2 Å². The van der Waals surface area contributed by atoms with Crippen LogP contribution in [0.25, 0.3) is 0 Å². The lowest BCUT2D eigenvalue weighted by Crippen LogP contribution is -2.36. The fourth-order valence-electron chi connectivity index (χ4n) is 2.25. The van der Waals surface area contributed by atoms with Crippen molar-refractivity contribution >= 4 is 5.82 Å².